The van der Waals surface area contributed by atoms with Gasteiger partial charge in [-0.1, -0.05) is 31.6 Å². The van der Waals surface area contributed by atoms with Gasteiger partial charge in [-0.25, -0.2) is 4.39 Å². The lowest BCUT2D eigenvalue weighted by Gasteiger charge is -2.54. The highest BCUT2D eigenvalue weighted by Crippen LogP contribution is 2.48. The molecule has 1 fully saturated rings. The van der Waals surface area contributed by atoms with E-state index in [4.69, 9.17) is 0 Å². The molecule has 1 nitrogen and oxygen atoms in total. The molecule has 1 aromatic carbocycles. The van der Waals surface area contributed by atoms with E-state index in [0.29, 0.717) is 12.0 Å². The van der Waals surface area contributed by atoms with Crippen LogP contribution in [0, 0.1) is 11.7 Å². The minimum Gasteiger partial charge on any atom is -0.296 e. The molecule has 1 aliphatic carbocycles. The molecule has 0 aromatic heterocycles. The van der Waals surface area contributed by atoms with Crippen LogP contribution in [0.3, 0.4) is 0 Å². The van der Waals surface area contributed by atoms with Crippen LogP contribution in [-0.4, -0.2) is 24.0 Å². The first-order valence-corrected chi connectivity index (χ1v) is 8.08. The minimum atomic E-state index is -0.0902. The van der Waals surface area contributed by atoms with Gasteiger partial charge in [0.25, 0.3) is 0 Å². The van der Waals surface area contributed by atoms with Crippen LogP contribution in [-0.2, 0) is 11.8 Å². The van der Waals surface area contributed by atoms with Crippen molar-refractivity contribution in [2.75, 3.05) is 13.1 Å². The lowest BCUT2D eigenvalue weighted by molar-refractivity contribution is 0.0396. The molecule has 0 radical (unpaired) electrons. The van der Waals surface area contributed by atoms with E-state index in [1.165, 1.54) is 16.7 Å². The Hall–Kier alpha value is -1.15. The predicted octanol–water partition coefficient (Wildman–Crippen LogP) is 4.32. The van der Waals surface area contributed by atoms with E-state index in [9.17, 15) is 4.39 Å². The average molecular weight is 287 g/mol. The van der Waals surface area contributed by atoms with Gasteiger partial charge in [0.15, 0.2) is 0 Å². The highest BCUT2D eigenvalue weighted by Gasteiger charge is 2.48. The fraction of sp³-hybridized carbons (Fsp3) is 0.579. The smallest absolute Gasteiger partial charge is 0.123 e. The van der Waals surface area contributed by atoms with E-state index >= 15 is 0 Å². The van der Waals surface area contributed by atoms with Crippen molar-refractivity contribution in [2.24, 2.45) is 5.92 Å². The number of fused-ring (bicyclic) bond motifs is 4. The number of piperidine rings is 1. The predicted molar refractivity (Wildman–Crippen MR) is 86.0 cm³/mol. The summed E-state index contributed by atoms with van der Waals surface area (Å²) in [6, 6.07) is 5.99. The Morgan fingerprint density at radius 1 is 1.43 bits per heavy atom. The van der Waals surface area contributed by atoms with E-state index in [2.05, 4.69) is 38.7 Å². The Labute approximate surface area is 127 Å². The highest BCUT2D eigenvalue weighted by molar-refractivity contribution is 5.40. The summed E-state index contributed by atoms with van der Waals surface area (Å²) in [5, 5.41) is 0. The van der Waals surface area contributed by atoms with Gasteiger partial charge in [0.1, 0.15) is 5.82 Å². The van der Waals surface area contributed by atoms with E-state index < -0.39 is 0 Å². The molecule has 2 aliphatic rings. The summed E-state index contributed by atoms with van der Waals surface area (Å²) < 4.78 is 13.7. The van der Waals surface area contributed by atoms with Crippen molar-refractivity contribution in [3.8, 4) is 0 Å². The molecule has 1 heterocycles. The van der Waals surface area contributed by atoms with Crippen LogP contribution in [0.5, 0.6) is 0 Å². The minimum absolute atomic E-state index is 0.0902. The van der Waals surface area contributed by atoms with Crippen LogP contribution in [0.4, 0.5) is 4.39 Å². The first-order chi connectivity index (χ1) is 9.91. The lowest BCUT2D eigenvalue weighted by atomic mass is 9.59. The van der Waals surface area contributed by atoms with Crippen molar-refractivity contribution in [3.05, 3.63) is 46.8 Å². The molecule has 3 atom stereocenters. The number of likely N-dealkylation sites (tertiary alicyclic amines) is 1. The van der Waals surface area contributed by atoms with Crippen LogP contribution in [0.2, 0.25) is 0 Å². The van der Waals surface area contributed by atoms with E-state index in [1.54, 1.807) is 12.1 Å². The van der Waals surface area contributed by atoms with Crippen LogP contribution in [0.25, 0.3) is 0 Å². The van der Waals surface area contributed by atoms with Crippen molar-refractivity contribution in [1.29, 1.82) is 0 Å². The van der Waals surface area contributed by atoms with E-state index in [1.807, 2.05) is 6.07 Å². The second kappa shape index (κ2) is 5.24. The molecule has 0 spiro atoms. The van der Waals surface area contributed by atoms with Crippen LogP contribution >= 0.6 is 0 Å². The SMILES string of the molecule is CC(C)=CCN1CC[C@]2(C)c3cc(F)ccc3C[C@H]1[C@H]2C. The maximum Gasteiger partial charge on any atom is 0.123 e. The normalized spacial score (nSPS) is 31.7. The Morgan fingerprint density at radius 2 is 2.19 bits per heavy atom. The van der Waals surface area contributed by atoms with E-state index in [-0.39, 0.29) is 11.2 Å². The molecule has 2 heteroatoms. The molecular formula is C19H26FN. The van der Waals surface area contributed by atoms with E-state index in [0.717, 1.165) is 25.9 Å². The topological polar surface area (TPSA) is 3.24 Å². The molecular weight excluding hydrogens is 261 g/mol. The molecule has 0 amide bonds. The number of allylic oxidation sites excluding steroid dienone is 1. The van der Waals surface area contributed by atoms with Gasteiger partial charge in [-0.15, -0.1) is 0 Å². The molecule has 0 unspecified atom stereocenters. The zero-order valence-corrected chi connectivity index (χ0v) is 13.6. The van der Waals surface area contributed by atoms with Gasteiger partial charge in [0, 0.05) is 12.6 Å². The van der Waals surface area contributed by atoms with Crippen LogP contribution in [0.15, 0.2) is 29.8 Å². The first-order valence-electron chi connectivity index (χ1n) is 8.08. The third-order valence-electron chi connectivity index (χ3n) is 5.82. The second-order valence-corrected chi connectivity index (χ2v) is 7.31. The zero-order valence-electron chi connectivity index (χ0n) is 13.6. The largest absolute Gasteiger partial charge is 0.296 e. The summed E-state index contributed by atoms with van der Waals surface area (Å²) in [6.45, 7) is 11.2. The van der Waals surface area contributed by atoms with Gasteiger partial charge in [0.05, 0.1) is 0 Å². The molecule has 21 heavy (non-hydrogen) atoms. The summed E-state index contributed by atoms with van der Waals surface area (Å²) in [5.41, 5.74) is 4.12. The molecule has 0 N–H and O–H groups in total. The summed E-state index contributed by atoms with van der Waals surface area (Å²) in [6.07, 6.45) is 4.51. The number of benzene rings is 1. The Kier molecular flexibility index (Phi) is 3.69. The van der Waals surface area contributed by atoms with Crippen molar-refractivity contribution in [3.63, 3.8) is 0 Å². The number of hydrogen-bond acceptors (Lipinski definition) is 1. The number of nitrogens with zero attached hydrogens (tertiary/aromatic N) is 1. The van der Waals surface area contributed by atoms with Crippen molar-refractivity contribution < 1.29 is 4.39 Å². The fourth-order valence-corrected chi connectivity index (χ4v) is 4.21. The summed E-state index contributed by atoms with van der Waals surface area (Å²) in [5.74, 6) is 0.485. The number of halogens is 1. The monoisotopic (exact) mass is 287 g/mol. The summed E-state index contributed by atoms with van der Waals surface area (Å²) >= 11 is 0. The Bertz CT molecular complexity index is 573. The van der Waals surface area contributed by atoms with Gasteiger partial charge in [-0.05, 0) is 67.8 Å². The zero-order chi connectivity index (χ0) is 15.2. The third kappa shape index (κ3) is 2.44. The van der Waals surface area contributed by atoms with Crippen molar-refractivity contribution in [2.45, 2.75) is 52.0 Å². The first kappa shape index (κ1) is 14.8. The van der Waals surface area contributed by atoms with Gasteiger partial charge < -0.3 is 0 Å². The average Bonchev–Trinajstić information content (AvgIpc) is 2.43. The van der Waals surface area contributed by atoms with Gasteiger partial charge in [-0.2, -0.15) is 0 Å². The molecule has 3 rings (SSSR count). The molecule has 114 valence electrons. The van der Waals surface area contributed by atoms with Gasteiger partial charge in [-0.3, -0.25) is 4.90 Å². The maximum absolute atomic E-state index is 13.7. The van der Waals surface area contributed by atoms with Gasteiger partial charge >= 0.3 is 0 Å². The second-order valence-electron chi connectivity index (χ2n) is 7.31. The number of hydrogen-bond donors (Lipinski definition) is 0. The Balaban J connectivity index is 1.96. The molecule has 0 saturated carbocycles. The van der Waals surface area contributed by atoms with Crippen molar-refractivity contribution >= 4 is 0 Å². The maximum atomic E-state index is 13.7. The summed E-state index contributed by atoms with van der Waals surface area (Å²) in [7, 11) is 0. The lowest BCUT2D eigenvalue weighted by Crippen LogP contribution is -2.57. The quantitative estimate of drug-likeness (QED) is 0.732. The molecule has 1 aliphatic heterocycles. The number of rotatable bonds is 2. The molecule has 2 bridgehead atoms. The third-order valence-corrected chi connectivity index (χ3v) is 5.82. The van der Waals surface area contributed by atoms with Crippen molar-refractivity contribution in [1.82, 2.24) is 4.90 Å². The highest BCUT2D eigenvalue weighted by atomic mass is 19.1. The Morgan fingerprint density at radius 3 is 2.90 bits per heavy atom. The molecule has 1 saturated heterocycles. The van der Waals surface area contributed by atoms with Crippen LogP contribution < -0.4 is 0 Å². The van der Waals surface area contributed by atoms with Gasteiger partial charge in [0.2, 0.25) is 0 Å². The fourth-order valence-electron chi connectivity index (χ4n) is 4.21. The van der Waals surface area contributed by atoms with Crippen LogP contribution in [0.1, 0.15) is 45.2 Å². The standard InChI is InChI=1S/C19H26FN/c1-13(2)7-9-21-10-8-19(4)14(3)18(21)11-15-5-6-16(20)12-17(15)19/h5-7,12,14,18H,8-11H2,1-4H3/t14-,18+,19+/m1/s1. The summed E-state index contributed by atoms with van der Waals surface area (Å²) in [4.78, 5) is 2.62. The molecule has 1 aromatic rings.